The number of carbonyl (C=O) groups excluding carboxylic acids is 1. The van der Waals surface area contributed by atoms with Gasteiger partial charge in [-0.25, -0.2) is 0 Å². The number of hydrogen-bond acceptors (Lipinski definition) is 4. The number of piperidine rings is 1. The summed E-state index contributed by atoms with van der Waals surface area (Å²) in [5.74, 6) is 1.02. The summed E-state index contributed by atoms with van der Waals surface area (Å²) in [6, 6.07) is 16.5. The molecule has 2 aliphatic heterocycles. The van der Waals surface area contributed by atoms with Gasteiger partial charge in [0.2, 0.25) is 0 Å². The fraction of sp³-hybridized carbons (Fsp3) is 0.304. The van der Waals surface area contributed by atoms with E-state index in [0.717, 1.165) is 37.0 Å². The number of fused-ring (bicyclic) bond motifs is 2. The van der Waals surface area contributed by atoms with Crippen LogP contribution in [0.3, 0.4) is 0 Å². The van der Waals surface area contributed by atoms with Crippen LogP contribution in [0.4, 0.5) is 0 Å². The van der Waals surface area contributed by atoms with Crippen LogP contribution in [0.25, 0.3) is 10.4 Å². The van der Waals surface area contributed by atoms with Crippen LogP contribution in [0.15, 0.2) is 66.3 Å². The number of nitrogens with zero attached hydrogens (tertiary/aromatic N) is 2. The van der Waals surface area contributed by atoms with Crippen LogP contribution in [-0.2, 0) is 0 Å². The lowest BCUT2D eigenvalue weighted by Crippen LogP contribution is -2.49. The molecule has 28 heavy (non-hydrogen) atoms. The predicted octanol–water partition coefficient (Wildman–Crippen LogP) is 5.02. The van der Waals surface area contributed by atoms with Crippen molar-refractivity contribution in [3.63, 3.8) is 0 Å². The number of ether oxygens (including phenoxy) is 1. The number of rotatable bonds is 4. The highest BCUT2D eigenvalue weighted by Gasteiger charge is 2.44. The molecule has 2 saturated heterocycles. The standard InChI is InChI=1S/C23H22N2O2S/c26-23(17-5-3-16(4-6-17)22-2-1-13-28-22)25-18-7-8-19(25)15-21(14-18)27-20-9-11-24-12-10-20/h1-6,9-13,18-19,21H,7-8,14-15H2. The summed E-state index contributed by atoms with van der Waals surface area (Å²) in [6.45, 7) is 0. The molecule has 0 spiro atoms. The molecule has 2 bridgehead atoms. The third-order valence-corrected chi connectivity index (χ3v) is 6.73. The summed E-state index contributed by atoms with van der Waals surface area (Å²) in [7, 11) is 0. The Hall–Kier alpha value is -2.66. The Bertz CT molecular complexity index is 927. The van der Waals surface area contributed by atoms with Gasteiger partial charge >= 0.3 is 0 Å². The largest absolute Gasteiger partial charge is 0.490 e. The van der Waals surface area contributed by atoms with Gasteiger partial charge in [-0.1, -0.05) is 18.2 Å². The van der Waals surface area contributed by atoms with E-state index in [9.17, 15) is 4.79 Å². The van der Waals surface area contributed by atoms with E-state index in [4.69, 9.17) is 4.74 Å². The molecule has 0 saturated carbocycles. The van der Waals surface area contributed by atoms with Gasteiger partial charge in [-0.2, -0.15) is 0 Å². The maximum absolute atomic E-state index is 13.2. The second kappa shape index (κ2) is 7.40. The third kappa shape index (κ3) is 3.31. The fourth-order valence-electron chi connectivity index (χ4n) is 4.53. The van der Waals surface area contributed by atoms with Crippen molar-refractivity contribution in [2.45, 2.75) is 43.9 Å². The number of hydrogen-bond donors (Lipinski definition) is 0. The average molecular weight is 391 g/mol. The zero-order chi connectivity index (χ0) is 18.9. The van der Waals surface area contributed by atoms with E-state index < -0.39 is 0 Å². The minimum atomic E-state index is 0.160. The Kier molecular flexibility index (Phi) is 4.61. The molecule has 3 aromatic rings. The molecule has 2 aromatic heterocycles. The molecular weight excluding hydrogens is 368 g/mol. The van der Waals surface area contributed by atoms with Gasteiger partial charge in [-0.15, -0.1) is 11.3 Å². The smallest absolute Gasteiger partial charge is 0.254 e. The molecule has 2 unspecified atom stereocenters. The normalized spacial score (nSPS) is 23.6. The van der Waals surface area contributed by atoms with E-state index in [1.807, 2.05) is 24.3 Å². The second-order valence-corrected chi connectivity index (χ2v) is 8.49. The molecule has 0 N–H and O–H groups in total. The van der Waals surface area contributed by atoms with Crippen molar-refractivity contribution in [2.24, 2.45) is 0 Å². The van der Waals surface area contributed by atoms with Crippen LogP contribution >= 0.6 is 11.3 Å². The topological polar surface area (TPSA) is 42.4 Å². The zero-order valence-electron chi connectivity index (χ0n) is 15.5. The summed E-state index contributed by atoms with van der Waals surface area (Å²) < 4.78 is 6.15. The Morgan fingerprint density at radius 1 is 1.00 bits per heavy atom. The van der Waals surface area contributed by atoms with Crippen molar-refractivity contribution < 1.29 is 9.53 Å². The summed E-state index contributed by atoms with van der Waals surface area (Å²) in [5.41, 5.74) is 1.95. The quantitative estimate of drug-likeness (QED) is 0.628. The predicted molar refractivity (Wildman–Crippen MR) is 111 cm³/mol. The summed E-state index contributed by atoms with van der Waals surface area (Å²) >= 11 is 1.72. The Labute approximate surface area is 168 Å². The van der Waals surface area contributed by atoms with Crippen LogP contribution in [0.5, 0.6) is 5.75 Å². The van der Waals surface area contributed by atoms with Gasteiger partial charge in [0.05, 0.1) is 0 Å². The molecular formula is C23H22N2O2S. The van der Waals surface area contributed by atoms with Crippen molar-refractivity contribution >= 4 is 17.2 Å². The third-order valence-electron chi connectivity index (χ3n) is 5.81. The van der Waals surface area contributed by atoms with E-state index >= 15 is 0 Å². The van der Waals surface area contributed by atoms with Crippen molar-refractivity contribution in [3.8, 4) is 16.2 Å². The zero-order valence-corrected chi connectivity index (χ0v) is 16.3. The van der Waals surface area contributed by atoms with Crippen molar-refractivity contribution in [1.29, 1.82) is 0 Å². The maximum Gasteiger partial charge on any atom is 0.254 e. The van der Waals surface area contributed by atoms with Crippen LogP contribution in [-0.4, -0.2) is 34.0 Å². The summed E-state index contributed by atoms with van der Waals surface area (Å²) in [6.07, 6.45) is 7.62. The Morgan fingerprint density at radius 3 is 2.36 bits per heavy atom. The molecule has 0 aliphatic carbocycles. The van der Waals surface area contributed by atoms with Crippen LogP contribution in [0, 0.1) is 0 Å². The molecule has 5 rings (SSSR count). The van der Waals surface area contributed by atoms with E-state index in [-0.39, 0.29) is 24.1 Å². The number of benzene rings is 1. The minimum absolute atomic E-state index is 0.160. The van der Waals surface area contributed by atoms with E-state index in [0.29, 0.717) is 0 Å². The van der Waals surface area contributed by atoms with Crippen LogP contribution in [0.1, 0.15) is 36.0 Å². The first-order valence-electron chi connectivity index (χ1n) is 9.81. The van der Waals surface area contributed by atoms with Gasteiger partial charge in [0.25, 0.3) is 5.91 Å². The molecule has 2 atom stereocenters. The molecule has 1 aromatic carbocycles. The van der Waals surface area contributed by atoms with Crippen molar-refractivity contribution in [2.75, 3.05) is 0 Å². The van der Waals surface area contributed by atoms with Crippen LogP contribution in [0.2, 0.25) is 0 Å². The Morgan fingerprint density at radius 2 is 1.71 bits per heavy atom. The number of pyridine rings is 1. The minimum Gasteiger partial charge on any atom is -0.490 e. The number of carbonyl (C=O) groups is 1. The molecule has 1 amide bonds. The highest BCUT2D eigenvalue weighted by molar-refractivity contribution is 7.13. The van der Waals surface area contributed by atoms with Gasteiger partial charge < -0.3 is 9.64 Å². The first kappa shape index (κ1) is 17.4. The van der Waals surface area contributed by atoms with Gasteiger partial charge in [0.1, 0.15) is 11.9 Å². The van der Waals surface area contributed by atoms with Crippen LogP contribution < -0.4 is 4.74 Å². The number of amides is 1. The van der Waals surface area contributed by atoms with Gasteiger partial charge in [-0.3, -0.25) is 9.78 Å². The lowest BCUT2D eigenvalue weighted by molar-refractivity contribution is 0.0359. The second-order valence-electron chi connectivity index (χ2n) is 7.55. The van der Waals surface area contributed by atoms with Crippen molar-refractivity contribution in [1.82, 2.24) is 9.88 Å². The molecule has 5 heteroatoms. The van der Waals surface area contributed by atoms with E-state index in [2.05, 4.69) is 39.5 Å². The monoisotopic (exact) mass is 390 g/mol. The SMILES string of the molecule is O=C(c1ccc(-c2cccs2)cc1)N1C2CCC1CC(Oc1ccncc1)C2. The molecule has 4 heterocycles. The van der Waals surface area contributed by atoms with Crippen molar-refractivity contribution in [3.05, 3.63) is 71.9 Å². The van der Waals surface area contributed by atoms with E-state index in [1.54, 1.807) is 23.7 Å². The molecule has 2 fully saturated rings. The summed E-state index contributed by atoms with van der Waals surface area (Å²) in [4.78, 5) is 20.6. The first-order valence-corrected chi connectivity index (χ1v) is 10.7. The van der Waals surface area contributed by atoms with Gasteiger partial charge in [0.15, 0.2) is 0 Å². The van der Waals surface area contributed by atoms with Gasteiger partial charge in [0, 0.05) is 47.8 Å². The van der Waals surface area contributed by atoms with E-state index in [1.165, 1.54) is 10.4 Å². The fourth-order valence-corrected chi connectivity index (χ4v) is 5.27. The lowest BCUT2D eigenvalue weighted by Gasteiger charge is -2.39. The summed E-state index contributed by atoms with van der Waals surface area (Å²) in [5, 5.41) is 2.07. The first-order chi connectivity index (χ1) is 13.8. The van der Waals surface area contributed by atoms with Gasteiger partial charge in [-0.05, 0) is 54.1 Å². The molecule has 4 nitrogen and oxygen atoms in total. The molecule has 142 valence electrons. The molecule has 0 radical (unpaired) electrons. The Balaban J connectivity index is 1.29. The maximum atomic E-state index is 13.2. The lowest BCUT2D eigenvalue weighted by atomic mass is 9.98. The number of aromatic nitrogens is 1. The highest BCUT2D eigenvalue weighted by Crippen LogP contribution is 2.38. The molecule has 2 aliphatic rings. The highest BCUT2D eigenvalue weighted by atomic mass is 32.1. The average Bonchev–Trinajstić information content (AvgIpc) is 3.35. The number of thiophene rings is 1.